The Morgan fingerprint density at radius 1 is 0.583 bits per heavy atom. The van der Waals surface area contributed by atoms with Gasteiger partial charge in [0.2, 0.25) is 0 Å². The molecule has 10 rings (SSSR count). The minimum Gasteiger partial charge on any atom is -0.486 e. The molecule has 0 spiro atoms. The van der Waals surface area contributed by atoms with Gasteiger partial charge in [-0.25, -0.2) is 0 Å². The molecule has 2 aliphatic carbocycles. The molecule has 0 amide bonds. The van der Waals surface area contributed by atoms with Crippen molar-refractivity contribution in [3.05, 3.63) is 113 Å². The van der Waals surface area contributed by atoms with Gasteiger partial charge in [0.25, 0.3) is 6.71 Å². The van der Waals surface area contributed by atoms with E-state index in [1.807, 2.05) is 0 Å². The highest BCUT2D eigenvalue weighted by Gasteiger charge is 2.46. The first-order valence-electron chi connectivity index (χ1n) is 17.6. The average Bonchev–Trinajstić information content (AvgIpc) is 3.55. The van der Waals surface area contributed by atoms with Crippen molar-refractivity contribution in [2.24, 2.45) is 10.8 Å². The minimum atomic E-state index is 0.0648. The number of aryl methyl sites for hydroxylation is 1. The topological polar surface area (TPSA) is 24.9 Å². The van der Waals surface area contributed by atoms with E-state index < -0.39 is 0 Å². The summed E-state index contributed by atoms with van der Waals surface area (Å²) in [6.07, 6.45) is 4.47. The van der Waals surface area contributed by atoms with Gasteiger partial charge in [0.05, 0.1) is 5.69 Å². The van der Waals surface area contributed by atoms with E-state index in [0.29, 0.717) is 18.6 Å². The van der Waals surface area contributed by atoms with E-state index in [9.17, 15) is 0 Å². The van der Waals surface area contributed by atoms with Crippen LogP contribution in [0.2, 0.25) is 0 Å². The lowest BCUT2D eigenvalue weighted by Crippen LogP contribution is -2.61. The van der Waals surface area contributed by atoms with Crippen molar-refractivity contribution in [1.29, 1.82) is 0 Å². The Morgan fingerprint density at radius 3 is 2.02 bits per heavy atom. The number of rotatable bonds is 2. The van der Waals surface area contributed by atoms with E-state index >= 15 is 0 Å². The monoisotopic (exact) mass is 628 g/mol. The molecule has 5 aliphatic rings. The zero-order valence-electron chi connectivity index (χ0n) is 28.6. The molecule has 5 aromatic carbocycles. The van der Waals surface area contributed by atoms with Crippen molar-refractivity contribution in [3.63, 3.8) is 0 Å². The lowest BCUT2D eigenvalue weighted by Gasteiger charge is -2.45. The van der Waals surface area contributed by atoms with Gasteiger partial charge in [-0.15, -0.1) is 0 Å². The number of hydrogen-bond donors (Lipinski definition) is 0. The van der Waals surface area contributed by atoms with Crippen molar-refractivity contribution in [3.8, 4) is 11.5 Å². The van der Waals surface area contributed by atoms with Gasteiger partial charge < -0.3 is 19.3 Å². The number of hydrogen-bond acceptors (Lipinski definition) is 4. The first-order chi connectivity index (χ1) is 23.1. The van der Waals surface area contributed by atoms with Gasteiger partial charge >= 0.3 is 0 Å². The smallest absolute Gasteiger partial charge is 0.252 e. The fourth-order valence-corrected chi connectivity index (χ4v) is 9.58. The standard InChI is InChI=1S/C43H41BN2O2/c1-26-17-36-39-37(18-26)46(31-9-7-6-8-10-31)40-33(13-14-38-41(40)48-16-15-47-38)44(39)34-20-29-24-43(4,5)25-30(29)21-35(34)45(36)32-12-11-27-22-42(2,3)23-28(27)19-32/h6-14,17-21H,15-16,22-25H2,1-5H3. The van der Waals surface area contributed by atoms with Crippen molar-refractivity contribution in [2.45, 2.75) is 60.3 Å². The van der Waals surface area contributed by atoms with Crippen LogP contribution in [0.25, 0.3) is 0 Å². The van der Waals surface area contributed by atoms with Crippen LogP contribution in [0, 0.1) is 17.8 Å². The summed E-state index contributed by atoms with van der Waals surface area (Å²) < 4.78 is 12.7. The summed E-state index contributed by atoms with van der Waals surface area (Å²) >= 11 is 0. The highest BCUT2D eigenvalue weighted by Crippen LogP contribution is 2.51. The Morgan fingerprint density at radius 2 is 1.25 bits per heavy atom. The van der Waals surface area contributed by atoms with Crippen molar-refractivity contribution in [1.82, 2.24) is 0 Å². The molecular weight excluding hydrogens is 587 g/mol. The SMILES string of the molecule is Cc1cc2c3c(c1)N(c1ccccc1)c1c(ccc4c1OCCO4)B3c1cc3c(cc1N2c1ccc2c(c1)CC(C)(C)C2)CC(C)(C)C3. The first kappa shape index (κ1) is 28.4. The van der Waals surface area contributed by atoms with Crippen LogP contribution in [0.5, 0.6) is 11.5 Å². The number of para-hydroxylation sites is 1. The molecule has 0 saturated heterocycles. The summed E-state index contributed by atoms with van der Waals surface area (Å²) in [4.78, 5) is 5.04. The molecule has 0 atom stereocenters. The molecule has 0 saturated carbocycles. The molecule has 3 heterocycles. The Labute approximate surface area is 284 Å². The van der Waals surface area contributed by atoms with Gasteiger partial charge in [0, 0.05) is 28.4 Å². The lowest BCUT2D eigenvalue weighted by atomic mass is 9.33. The van der Waals surface area contributed by atoms with Gasteiger partial charge in [-0.3, -0.25) is 0 Å². The molecule has 0 bridgehead atoms. The summed E-state index contributed by atoms with van der Waals surface area (Å²) in [6.45, 7) is 13.1. The first-order valence-corrected chi connectivity index (χ1v) is 17.6. The number of fused-ring (bicyclic) bond motifs is 8. The van der Waals surface area contributed by atoms with E-state index in [2.05, 4.69) is 129 Å². The third kappa shape index (κ3) is 4.09. The van der Waals surface area contributed by atoms with E-state index in [4.69, 9.17) is 9.47 Å². The molecule has 5 aromatic rings. The largest absolute Gasteiger partial charge is 0.486 e. The second kappa shape index (κ2) is 9.72. The number of anilines is 6. The Balaban J connectivity index is 1.29. The summed E-state index contributed by atoms with van der Waals surface area (Å²) in [5.74, 6) is 1.68. The van der Waals surface area contributed by atoms with Crippen LogP contribution < -0.4 is 35.7 Å². The van der Waals surface area contributed by atoms with Crippen LogP contribution in [-0.2, 0) is 25.7 Å². The lowest BCUT2D eigenvalue weighted by molar-refractivity contribution is 0.172. The van der Waals surface area contributed by atoms with Crippen LogP contribution in [0.1, 0.15) is 55.5 Å². The van der Waals surface area contributed by atoms with Gasteiger partial charge in [-0.2, -0.15) is 0 Å². The van der Waals surface area contributed by atoms with E-state index in [1.54, 1.807) is 0 Å². The second-order valence-electron chi connectivity index (χ2n) is 16.4. The fourth-order valence-electron chi connectivity index (χ4n) is 9.58. The summed E-state index contributed by atoms with van der Waals surface area (Å²) in [6, 6.07) is 32.4. The molecule has 4 nitrogen and oxygen atoms in total. The predicted molar refractivity (Wildman–Crippen MR) is 199 cm³/mol. The molecule has 0 fully saturated rings. The third-order valence-corrected chi connectivity index (χ3v) is 11.3. The highest BCUT2D eigenvalue weighted by molar-refractivity contribution is 7.00. The van der Waals surface area contributed by atoms with Gasteiger partial charge in [0.15, 0.2) is 11.5 Å². The highest BCUT2D eigenvalue weighted by atomic mass is 16.6. The summed E-state index contributed by atoms with van der Waals surface area (Å²) in [5, 5.41) is 0. The van der Waals surface area contributed by atoms with Crippen LogP contribution in [0.4, 0.5) is 34.1 Å². The van der Waals surface area contributed by atoms with E-state index in [1.165, 1.54) is 67.0 Å². The Hall–Kier alpha value is -4.64. The molecule has 0 N–H and O–H groups in total. The minimum absolute atomic E-state index is 0.0648. The normalized spacial score (nSPS) is 18.6. The molecular formula is C43H41BN2O2. The van der Waals surface area contributed by atoms with Crippen LogP contribution in [0.15, 0.2) is 84.9 Å². The predicted octanol–water partition coefficient (Wildman–Crippen LogP) is 8.10. The molecule has 0 radical (unpaired) electrons. The third-order valence-electron chi connectivity index (χ3n) is 11.3. The van der Waals surface area contributed by atoms with Gasteiger partial charge in [-0.1, -0.05) is 64.1 Å². The number of benzene rings is 5. The van der Waals surface area contributed by atoms with Crippen LogP contribution >= 0.6 is 0 Å². The summed E-state index contributed by atoms with van der Waals surface area (Å²) in [7, 11) is 0. The molecule has 48 heavy (non-hydrogen) atoms. The molecule has 0 aromatic heterocycles. The number of ether oxygens (including phenoxy) is 2. The van der Waals surface area contributed by atoms with E-state index in [-0.39, 0.29) is 12.1 Å². The maximum absolute atomic E-state index is 6.52. The number of nitrogens with zero attached hydrogens (tertiary/aromatic N) is 2. The van der Waals surface area contributed by atoms with Crippen LogP contribution in [-0.4, -0.2) is 19.9 Å². The second-order valence-corrected chi connectivity index (χ2v) is 16.4. The molecule has 238 valence electrons. The zero-order valence-corrected chi connectivity index (χ0v) is 28.6. The Kier molecular flexibility index (Phi) is 5.75. The molecule has 3 aliphatic heterocycles. The zero-order chi connectivity index (χ0) is 32.5. The van der Waals surface area contributed by atoms with Gasteiger partial charge in [0.1, 0.15) is 13.2 Å². The molecule has 0 unspecified atom stereocenters. The Bertz CT molecular complexity index is 2190. The summed E-state index contributed by atoms with van der Waals surface area (Å²) in [5.41, 5.74) is 19.1. The quantitative estimate of drug-likeness (QED) is 0.181. The van der Waals surface area contributed by atoms with Crippen LogP contribution in [0.3, 0.4) is 0 Å². The van der Waals surface area contributed by atoms with Gasteiger partial charge in [-0.05, 0) is 136 Å². The van der Waals surface area contributed by atoms with Crippen molar-refractivity contribution >= 4 is 57.2 Å². The maximum Gasteiger partial charge on any atom is 0.252 e. The average molecular weight is 629 g/mol. The maximum atomic E-state index is 6.52. The van der Waals surface area contributed by atoms with Crippen molar-refractivity contribution in [2.75, 3.05) is 23.0 Å². The van der Waals surface area contributed by atoms with Crippen molar-refractivity contribution < 1.29 is 9.47 Å². The van der Waals surface area contributed by atoms with E-state index in [0.717, 1.165) is 48.6 Å². The fraction of sp³-hybridized carbons (Fsp3) is 0.302. The molecule has 5 heteroatoms.